The number of fused-ring (bicyclic) bond motifs is 1. The van der Waals surface area contributed by atoms with Crippen LogP contribution in [0.4, 0.5) is 0 Å². The third-order valence-corrected chi connectivity index (χ3v) is 4.26. The molecule has 0 radical (unpaired) electrons. The van der Waals surface area contributed by atoms with Gasteiger partial charge in [0, 0.05) is 24.9 Å². The highest BCUT2D eigenvalue weighted by molar-refractivity contribution is 6.04. The molecule has 23 heavy (non-hydrogen) atoms. The summed E-state index contributed by atoms with van der Waals surface area (Å²) in [6, 6.07) is 6.87. The van der Waals surface area contributed by atoms with Gasteiger partial charge in [-0.3, -0.25) is 14.4 Å². The molecule has 0 aliphatic carbocycles. The number of hydrogen-bond donors (Lipinski definition) is 2. The first-order valence-electron chi connectivity index (χ1n) is 7.54. The second-order valence-electron chi connectivity index (χ2n) is 5.78. The molecule has 0 unspecified atom stereocenters. The van der Waals surface area contributed by atoms with E-state index >= 15 is 0 Å². The minimum atomic E-state index is -0.803. The van der Waals surface area contributed by atoms with Gasteiger partial charge in [0.15, 0.2) is 5.69 Å². The van der Waals surface area contributed by atoms with Crippen LogP contribution in [0.3, 0.4) is 0 Å². The van der Waals surface area contributed by atoms with Crippen LogP contribution >= 0.6 is 0 Å². The lowest BCUT2D eigenvalue weighted by Gasteiger charge is -2.31. The van der Waals surface area contributed by atoms with Crippen molar-refractivity contribution >= 4 is 22.6 Å². The van der Waals surface area contributed by atoms with Gasteiger partial charge in [-0.25, -0.2) is 5.10 Å². The van der Waals surface area contributed by atoms with Gasteiger partial charge >= 0.3 is 5.97 Å². The largest absolute Gasteiger partial charge is 0.481 e. The number of carboxylic acids is 1. The molecule has 1 aliphatic heterocycles. The number of rotatable bonds is 3. The molecule has 1 aromatic heterocycles. The lowest BCUT2D eigenvalue weighted by molar-refractivity contribution is -0.138. The van der Waals surface area contributed by atoms with E-state index in [1.807, 2.05) is 0 Å². The Balaban J connectivity index is 1.81. The van der Waals surface area contributed by atoms with E-state index in [9.17, 15) is 14.4 Å². The number of carbonyl (C=O) groups excluding carboxylic acids is 1. The lowest BCUT2D eigenvalue weighted by atomic mass is 9.93. The Bertz CT molecular complexity index is 806. The molecule has 1 aromatic carbocycles. The van der Waals surface area contributed by atoms with E-state index in [0.717, 1.165) is 0 Å². The second-order valence-corrected chi connectivity index (χ2v) is 5.78. The summed E-state index contributed by atoms with van der Waals surface area (Å²) >= 11 is 0. The maximum Gasteiger partial charge on any atom is 0.303 e. The van der Waals surface area contributed by atoms with Crippen LogP contribution in [0.1, 0.15) is 29.8 Å². The molecule has 1 saturated heterocycles. The van der Waals surface area contributed by atoms with E-state index in [1.165, 1.54) is 0 Å². The molecule has 0 atom stereocenters. The average Bonchev–Trinajstić information content (AvgIpc) is 2.55. The molecule has 1 fully saturated rings. The molecule has 0 spiro atoms. The minimum absolute atomic E-state index is 0.108. The lowest BCUT2D eigenvalue weighted by Crippen LogP contribution is -2.39. The zero-order chi connectivity index (χ0) is 16.4. The normalized spacial score (nSPS) is 15.7. The molecule has 0 saturated carbocycles. The number of carboxylic acid groups (broad SMARTS) is 1. The fourth-order valence-corrected chi connectivity index (χ4v) is 3.01. The number of amides is 1. The van der Waals surface area contributed by atoms with E-state index in [4.69, 9.17) is 5.11 Å². The van der Waals surface area contributed by atoms with Gasteiger partial charge in [-0.2, -0.15) is 5.10 Å². The van der Waals surface area contributed by atoms with Crippen molar-refractivity contribution in [2.45, 2.75) is 19.3 Å². The molecule has 3 rings (SSSR count). The van der Waals surface area contributed by atoms with E-state index < -0.39 is 5.97 Å². The number of nitrogens with zero attached hydrogens (tertiary/aromatic N) is 2. The molecule has 120 valence electrons. The molecule has 2 N–H and O–H groups in total. The first kappa shape index (κ1) is 15.2. The topological polar surface area (TPSA) is 103 Å². The van der Waals surface area contributed by atoms with Crippen molar-refractivity contribution in [2.75, 3.05) is 13.1 Å². The van der Waals surface area contributed by atoms with Crippen molar-refractivity contribution in [3.05, 3.63) is 40.3 Å². The van der Waals surface area contributed by atoms with E-state index in [0.29, 0.717) is 36.7 Å². The highest BCUT2D eigenvalue weighted by Gasteiger charge is 2.27. The molecule has 7 nitrogen and oxygen atoms in total. The average molecular weight is 315 g/mol. The van der Waals surface area contributed by atoms with Crippen LogP contribution in [0.25, 0.3) is 10.8 Å². The fraction of sp³-hybridized carbons (Fsp3) is 0.375. The number of carbonyl (C=O) groups is 2. The summed E-state index contributed by atoms with van der Waals surface area (Å²) in [6.07, 6.45) is 1.47. The van der Waals surface area contributed by atoms with Gasteiger partial charge in [0.2, 0.25) is 0 Å². The van der Waals surface area contributed by atoms with Crippen LogP contribution in [0, 0.1) is 5.92 Å². The van der Waals surface area contributed by atoms with Crippen molar-refractivity contribution in [3.63, 3.8) is 0 Å². The van der Waals surface area contributed by atoms with Crippen LogP contribution in [0.15, 0.2) is 29.1 Å². The highest BCUT2D eigenvalue weighted by atomic mass is 16.4. The Morgan fingerprint density at radius 1 is 1.22 bits per heavy atom. The molecular weight excluding hydrogens is 298 g/mol. The number of aromatic amines is 1. The molecule has 1 amide bonds. The van der Waals surface area contributed by atoms with Crippen molar-refractivity contribution in [2.24, 2.45) is 5.92 Å². The Morgan fingerprint density at radius 3 is 2.52 bits per heavy atom. The van der Waals surface area contributed by atoms with E-state index in [2.05, 4.69) is 10.2 Å². The first-order chi connectivity index (χ1) is 11.1. The maximum atomic E-state index is 12.7. The quantitative estimate of drug-likeness (QED) is 0.887. The monoisotopic (exact) mass is 315 g/mol. The Morgan fingerprint density at radius 2 is 1.87 bits per heavy atom. The Hall–Kier alpha value is -2.70. The first-order valence-corrected chi connectivity index (χ1v) is 7.54. The van der Waals surface area contributed by atoms with Crippen LogP contribution in [-0.2, 0) is 4.79 Å². The SMILES string of the molecule is O=C(O)CC1CCN(C(=O)c2n[nH]c(=O)c3ccccc23)CC1. The van der Waals surface area contributed by atoms with Gasteiger partial charge in [-0.15, -0.1) is 0 Å². The van der Waals surface area contributed by atoms with E-state index in [1.54, 1.807) is 29.2 Å². The number of hydrogen-bond acceptors (Lipinski definition) is 4. The van der Waals surface area contributed by atoms with Crippen LogP contribution < -0.4 is 5.56 Å². The van der Waals surface area contributed by atoms with Gasteiger partial charge in [-0.05, 0) is 24.8 Å². The molecule has 1 aliphatic rings. The molecule has 0 bridgehead atoms. The summed E-state index contributed by atoms with van der Waals surface area (Å²) in [5, 5.41) is 16.1. The van der Waals surface area contributed by atoms with Crippen molar-refractivity contribution in [3.8, 4) is 0 Å². The number of nitrogens with one attached hydrogen (secondary N) is 1. The summed E-state index contributed by atoms with van der Waals surface area (Å²) in [6.45, 7) is 1.01. The Kier molecular flexibility index (Phi) is 4.10. The highest BCUT2D eigenvalue weighted by Crippen LogP contribution is 2.22. The predicted molar refractivity (Wildman–Crippen MR) is 83.2 cm³/mol. The van der Waals surface area contributed by atoms with E-state index in [-0.39, 0.29) is 29.5 Å². The number of likely N-dealkylation sites (tertiary alicyclic amines) is 1. The third-order valence-electron chi connectivity index (χ3n) is 4.26. The number of benzene rings is 1. The molecular formula is C16H17N3O4. The molecule has 2 aromatic rings. The maximum absolute atomic E-state index is 12.7. The van der Waals surface area contributed by atoms with Crippen molar-refractivity contribution in [1.29, 1.82) is 0 Å². The van der Waals surface area contributed by atoms with Crippen LogP contribution in [0.2, 0.25) is 0 Å². The third kappa shape index (κ3) is 3.08. The number of H-pyrrole nitrogens is 1. The summed E-state index contributed by atoms with van der Waals surface area (Å²) in [7, 11) is 0. The number of aromatic nitrogens is 2. The fourth-order valence-electron chi connectivity index (χ4n) is 3.01. The van der Waals surface area contributed by atoms with Crippen LogP contribution in [-0.4, -0.2) is 45.2 Å². The zero-order valence-electron chi connectivity index (χ0n) is 12.5. The summed E-state index contributed by atoms with van der Waals surface area (Å²) < 4.78 is 0. The predicted octanol–water partition coefficient (Wildman–Crippen LogP) is 1.25. The smallest absolute Gasteiger partial charge is 0.303 e. The van der Waals surface area contributed by atoms with Gasteiger partial charge in [-0.1, -0.05) is 18.2 Å². The number of piperidine rings is 1. The molecule has 7 heteroatoms. The van der Waals surface area contributed by atoms with Gasteiger partial charge < -0.3 is 10.0 Å². The summed E-state index contributed by atoms with van der Waals surface area (Å²) in [5.74, 6) is -0.925. The minimum Gasteiger partial charge on any atom is -0.481 e. The molecule has 2 heterocycles. The van der Waals surface area contributed by atoms with Gasteiger partial charge in [0.25, 0.3) is 11.5 Å². The Labute approximate surface area is 131 Å². The van der Waals surface area contributed by atoms with Crippen LogP contribution in [0.5, 0.6) is 0 Å². The summed E-state index contributed by atoms with van der Waals surface area (Å²) in [4.78, 5) is 36.9. The second kappa shape index (κ2) is 6.20. The van der Waals surface area contributed by atoms with Crippen molar-refractivity contribution in [1.82, 2.24) is 15.1 Å². The van der Waals surface area contributed by atoms with Gasteiger partial charge in [0.05, 0.1) is 5.39 Å². The van der Waals surface area contributed by atoms with Gasteiger partial charge in [0.1, 0.15) is 0 Å². The summed E-state index contributed by atoms with van der Waals surface area (Å²) in [5.41, 5.74) is -0.0887. The number of aliphatic carboxylic acids is 1. The zero-order valence-corrected chi connectivity index (χ0v) is 12.5. The standard InChI is InChI=1S/C16H17N3O4/c20-13(21)9-10-5-7-19(8-6-10)16(23)14-11-3-1-2-4-12(11)15(22)18-17-14/h1-4,10H,5-9H2,(H,18,22)(H,20,21). The van der Waals surface area contributed by atoms with Crippen molar-refractivity contribution < 1.29 is 14.7 Å².